The van der Waals surface area contributed by atoms with Gasteiger partial charge in [-0.15, -0.1) is 0 Å². The summed E-state index contributed by atoms with van der Waals surface area (Å²) in [6.07, 6.45) is 2.09. The van der Waals surface area contributed by atoms with Gasteiger partial charge in [-0.1, -0.05) is 0 Å². The lowest BCUT2D eigenvalue weighted by atomic mass is 10.3. The van der Waals surface area contributed by atoms with Gasteiger partial charge >= 0.3 is 11.8 Å². The van der Waals surface area contributed by atoms with Crippen molar-refractivity contribution in [3.63, 3.8) is 0 Å². The maximum absolute atomic E-state index is 11.5. The van der Waals surface area contributed by atoms with Crippen LogP contribution in [0.3, 0.4) is 0 Å². The molecule has 6 heteroatoms. The van der Waals surface area contributed by atoms with E-state index < -0.39 is 5.76 Å². The minimum Gasteiger partial charge on any atom is -0.408 e. The van der Waals surface area contributed by atoms with Crippen LogP contribution in [0, 0.1) is 0 Å². The first-order valence-electron chi connectivity index (χ1n) is 5.41. The van der Waals surface area contributed by atoms with Gasteiger partial charge in [0.2, 0.25) is 0 Å². The van der Waals surface area contributed by atoms with Crippen molar-refractivity contribution in [2.45, 2.75) is 18.9 Å². The molecule has 0 unspecified atom stereocenters. The number of urea groups is 1. The summed E-state index contributed by atoms with van der Waals surface area (Å²) in [4.78, 5) is 25.0. The van der Waals surface area contributed by atoms with Gasteiger partial charge in [0.25, 0.3) is 0 Å². The van der Waals surface area contributed by atoms with E-state index in [-0.39, 0.29) is 6.03 Å². The van der Waals surface area contributed by atoms with Gasteiger partial charge in [-0.05, 0) is 31.0 Å². The third kappa shape index (κ3) is 2.15. The predicted molar refractivity (Wildman–Crippen MR) is 62.0 cm³/mol. The highest BCUT2D eigenvalue weighted by Gasteiger charge is 2.23. The molecule has 0 aliphatic heterocycles. The number of aromatic nitrogens is 1. The molecule has 1 saturated carbocycles. The van der Waals surface area contributed by atoms with Gasteiger partial charge in [-0.2, -0.15) is 0 Å². The molecule has 88 valence electrons. The highest BCUT2D eigenvalue weighted by atomic mass is 16.4. The maximum Gasteiger partial charge on any atom is 0.417 e. The summed E-state index contributed by atoms with van der Waals surface area (Å²) in [7, 11) is 0. The molecule has 0 bridgehead atoms. The number of fused-ring (bicyclic) bond motifs is 1. The Balaban J connectivity index is 1.79. The lowest BCUT2D eigenvalue weighted by Gasteiger charge is -2.05. The quantitative estimate of drug-likeness (QED) is 0.732. The number of carbonyl (C=O) groups is 1. The van der Waals surface area contributed by atoms with Crippen LogP contribution in [0.25, 0.3) is 11.1 Å². The fourth-order valence-electron chi connectivity index (χ4n) is 1.61. The normalized spacial score (nSPS) is 14.8. The molecule has 3 N–H and O–H groups in total. The van der Waals surface area contributed by atoms with E-state index in [1.807, 2.05) is 0 Å². The molecule has 1 aromatic heterocycles. The largest absolute Gasteiger partial charge is 0.417 e. The monoisotopic (exact) mass is 233 g/mol. The summed E-state index contributed by atoms with van der Waals surface area (Å²) >= 11 is 0. The van der Waals surface area contributed by atoms with Gasteiger partial charge in [0, 0.05) is 11.7 Å². The minimum absolute atomic E-state index is 0.224. The van der Waals surface area contributed by atoms with E-state index in [1.54, 1.807) is 18.2 Å². The summed E-state index contributed by atoms with van der Waals surface area (Å²) < 4.78 is 4.86. The van der Waals surface area contributed by atoms with Crippen molar-refractivity contribution >= 4 is 22.8 Å². The van der Waals surface area contributed by atoms with E-state index in [4.69, 9.17) is 4.42 Å². The molecular weight excluding hydrogens is 222 g/mol. The Morgan fingerprint density at radius 3 is 3.00 bits per heavy atom. The molecule has 2 aromatic rings. The van der Waals surface area contributed by atoms with Crippen molar-refractivity contribution in [2.24, 2.45) is 0 Å². The van der Waals surface area contributed by atoms with Gasteiger partial charge in [-0.3, -0.25) is 4.98 Å². The van der Waals surface area contributed by atoms with Crippen LogP contribution in [0.2, 0.25) is 0 Å². The molecule has 3 rings (SSSR count). The first-order valence-corrected chi connectivity index (χ1v) is 5.41. The van der Waals surface area contributed by atoms with Crippen molar-refractivity contribution in [1.82, 2.24) is 10.3 Å². The Kier molecular flexibility index (Phi) is 2.14. The number of nitrogens with one attached hydrogen (secondary N) is 3. The lowest BCUT2D eigenvalue weighted by Crippen LogP contribution is -2.30. The Morgan fingerprint density at radius 1 is 1.41 bits per heavy atom. The number of rotatable bonds is 2. The standard InChI is InChI=1S/C11H11N3O3/c15-10(12-6-1-2-6)13-7-3-4-9-8(5-7)14-11(16)17-9/h3-6H,1-2H2,(H,14,16)(H2,12,13,15). The Labute approximate surface area is 96.0 Å². The second-order valence-corrected chi connectivity index (χ2v) is 4.10. The van der Waals surface area contributed by atoms with Crippen LogP contribution in [0.15, 0.2) is 27.4 Å². The molecule has 1 aliphatic carbocycles. The summed E-state index contributed by atoms with van der Waals surface area (Å²) in [6.45, 7) is 0. The number of aromatic amines is 1. The average molecular weight is 233 g/mol. The number of H-pyrrole nitrogens is 1. The second-order valence-electron chi connectivity index (χ2n) is 4.10. The summed E-state index contributed by atoms with van der Waals surface area (Å²) in [5.41, 5.74) is 1.66. The van der Waals surface area contributed by atoms with Gasteiger partial charge in [0.15, 0.2) is 5.58 Å². The molecule has 0 atom stereocenters. The molecule has 0 spiro atoms. The third-order valence-corrected chi connectivity index (χ3v) is 2.59. The Morgan fingerprint density at radius 2 is 2.24 bits per heavy atom. The second kappa shape index (κ2) is 3.65. The average Bonchev–Trinajstić information content (AvgIpc) is 2.98. The predicted octanol–water partition coefficient (Wildman–Crippen LogP) is 1.40. The lowest BCUT2D eigenvalue weighted by molar-refractivity contribution is 0.251. The molecule has 1 fully saturated rings. The Hall–Kier alpha value is -2.24. The van der Waals surface area contributed by atoms with Crippen LogP contribution >= 0.6 is 0 Å². The van der Waals surface area contributed by atoms with Gasteiger partial charge in [-0.25, -0.2) is 9.59 Å². The fraction of sp³-hybridized carbons (Fsp3) is 0.273. The molecule has 0 saturated heterocycles. The zero-order chi connectivity index (χ0) is 11.8. The summed E-state index contributed by atoms with van der Waals surface area (Å²) in [5.74, 6) is -0.500. The zero-order valence-corrected chi connectivity index (χ0v) is 8.95. The van der Waals surface area contributed by atoms with E-state index in [0.717, 1.165) is 12.8 Å². The molecule has 17 heavy (non-hydrogen) atoms. The van der Waals surface area contributed by atoms with E-state index in [0.29, 0.717) is 22.8 Å². The van der Waals surface area contributed by atoms with Crippen LogP contribution in [-0.4, -0.2) is 17.1 Å². The number of amides is 2. The highest BCUT2D eigenvalue weighted by Crippen LogP contribution is 2.19. The third-order valence-electron chi connectivity index (χ3n) is 2.59. The number of carbonyl (C=O) groups excluding carboxylic acids is 1. The topological polar surface area (TPSA) is 87.1 Å². The molecule has 1 heterocycles. The summed E-state index contributed by atoms with van der Waals surface area (Å²) in [5, 5.41) is 5.51. The van der Waals surface area contributed by atoms with E-state index in [9.17, 15) is 9.59 Å². The number of hydrogen-bond acceptors (Lipinski definition) is 3. The van der Waals surface area contributed by atoms with Crippen LogP contribution in [0.5, 0.6) is 0 Å². The highest BCUT2D eigenvalue weighted by molar-refractivity contribution is 5.91. The van der Waals surface area contributed by atoms with E-state index >= 15 is 0 Å². The van der Waals surface area contributed by atoms with Gasteiger partial charge in [0.1, 0.15) is 0 Å². The minimum atomic E-state index is -0.500. The van der Waals surface area contributed by atoms with Crippen LogP contribution in [-0.2, 0) is 0 Å². The van der Waals surface area contributed by atoms with Crippen molar-refractivity contribution in [3.05, 3.63) is 28.7 Å². The van der Waals surface area contributed by atoms with Gasteiger partial charge < -0.3 is 15.1 Å². The van der Waals surface area contributed by atoms with Gasteiger partial charge in [0.05, 0.1) is 5.52 Å². The first-order chi connectivity index (χ1) is 8.20. The van der Waals surface area contributed by atoms with Crippen molar-refractivity contribution in [3.8, 4) is 0 Å². The molecule has 1 aromatic carbocycles. The smallest absolute Gasteiger partial charge is 0.408 e. The fourth-order valence-corrected chi connectivity index (χ4v) is 1.61. The SMILES string of the molecule is O=C(Nc1ccc2oc(=O)[nH]c2c1)NC1CC1. The van der Waals surface area contributed by atoms with Crippen molar-refractivity contribution < 1.29 is 9.21 Å². The molecule has 0 radical (unpaired) electrons. The van der Waals surface area contributed by atoms with Crippen molar-refractivity contribution in [2.75, 3.05) is 5.32 Å². The molecule has 6 nitrogen and oxygen atoms in total. The molecular formula is C11H11N3O3. The summed E-state index contributed by atoms with van der Waals surface area (Å²) in [6, 6.07) is 5.07. The number of benzene rings is 1. The molecule has 2 amide bonds. The Bertz CT molecular complexity index is 624. The number of hydrogen-bond donors (Lipinski definition) is 3. The number of oxazole rings is 1. The molecule has 1 aliphatic rings. The van der Waals surface area contributed by atoms with Crippen LogP contribution in [0.1, 0.15) is 12.8 Å². The van der Waals surface area contributed by atoms with Crippen molar-refractivity contribution in [1.29, 1.82) is 0 Å². The zero-order valence-electron chi connectivity index (χ0n) is 8.95. The maximum atomic E-state index is 11.5. The van der Waals surface area contributed by atoms with Crippen LogP contribution in [0.4, 0.5) is 10.5 Å². The van der Waals surface area contributed by atoms with E-state index in [2.05, 4.69) is 15.6 Å². The first kappa shape index (κ1) is 9.95. The van der Waals surface area contributed by atoms with E-state index in [1.165, 1.54) is 0 Å². The number of anilines is 1. The van der Waals surface area contributed by atoms with Crippen LogP contribution < -0.4 is 16.4 Å².